The van der Waals surface area contributed by atoms with Crippen molar-refractivity contribution in [3.05, 3.63) is 62.0 Å². The lowest BCUT2D eigenvalue weighted by atomic mass is 9.89. The number of halogens is 1. The lowest BCUT2D eigenvalue weighted by Gasteiger charge is -2.29. The second-order valence-corrected chi connectivity index (χ2v) is 8.38. The summed E-state index contributed by atoms with van der Waals surface area (Å²) in [4.78, 5) is 14.1. The van der Waals surface area contributed by atoms with E-state index in [9.17, 15) is 10.1 Å². The third-order valence-corrected chi connectivity index (χ3v) is 6.04. The van der Waals surface area contributed by atoms with E-state index in [0.717, 1.165) is 35.5 Å². The van der Waals surface area contributed by atoms with Crippen LogP contribution >= 0.6 is 22.9 Å². The summed E-state index contributed by atoms with van der Waals surface area (Å²) in [5.74, 6) is 0.732. The molecule has 1 saturated carbocycles. The molecule has 0 spiro atoms. The van der Waals surface area contributed by atoms with Gasteiger partial charge in [0.05, 0.1) is 4.92 Å². The zero-order chi connectivity index (χ0) is 17.6. The summed E-state index contributed by atoms with van der Waals surface area (Å²) >= 11 is 7.27. The molecule has 0 bridgehead atoms. The molecule has 0 aliphatic heterocycles. The second-order valence-electron chi connectivity index (χ2n) is 6.80. The van der Waals surface area contributed by atoms with Gasteiger partial charge < -0.3 is 0 Å². The fourth-order valence-electron chi connectivity index (χ4n) is 3.54. The number of thiophene rings is 1. The second kappa shape index (κ2) is 8.79. The molecule has 3 rings (SSSR count). The van der Waals surface area contributed by atoms with Crippen molar-refractivity contribution in [2.24, 2.45) is 5.92 Å². The number of nitrogens with zero attached hydrogens (tertiary/aromatic N) is 2. The first-order chi connectivity index (χ1) is 12.1. The maximum Gasteiger partial charge on any atom is 0.324 e. The Hall–Kier alpha value is -1.43. The lowest BCUT2D eigenvalue weighted by molar-refractivity contribution is -0.380. The number of benzene rings is 1. The van der Waals surface area contributed by atoms with Crippen LogP contribution in [0.25, 0.3) is 0 Å². The van der Waals surface area contributed by atoms with E-state index in [1.54, 1.807) is 6.07 Å². The zero-order valence-corrected chi connectivity index (χ0v) is 15.8. The third-order valence-electron chi connectivity index (χ3n) is 4.77. The maximum atomic E-state index is 10.9. The molecule has 0 saturated heterocycles. The van der Waals surface area contributed by atoms with Crippen LogP contribution in [0.1, 0.15) is 42.5 Å². The Morgan fingerprint density at radius 3 is 2.44 bits per heavy atom. The van der Waals surface area contributed by atoms with E-state index in [2.05, 4.69) is 17.0 Å². The van der Waals surface area contributed by atoms with E-state index < -0.39 is 0 Å². The Morgan fingerprint density at radius 2 is 1.80 bits per heavy atom. The van der Waals surface area contributed by atoms with Crippen LogP contribution in [0.3, 0.4) is 0 Å². The fourth-order valence-corrected chi connectivity index (χ4v) is 4.53. The highest BCUT2D eigenvalue weighted by atomic mass is 35.5. The predicted molar refractivity (Wildman–Crippen MR) is 103 cm³/mol. The molecule has 0 amide bonds. The van der Waals surface area contributed by atoms with Crippen LogP contribution in [0.4, 0.5) is 5.00 Å². The molecule has 2 aromatic rings. The molecule has 1 aromatic carbocycles. The summed E-state index contributed by atoms with van der Waals surface area (Å²) in [5.41, 5.74) is 1.23. The van der Waals surface area contributed by atoms with Crippen molar-refractivity contribution < 1.29 is 4.92 Å². The number of hydrogen-bond acceptors (Lipinski definition) is 4. The third kappa shape index (κ3) is 5.53. The normalized spacial score (nSPS) is 15.6. The van der Waals surface area contributed by atoms with Crippen LogP contribution in [0.15, 0.2) is 36.4 Å². The minimum atomic E-state index is -0.307. The van der Waals surface area contributed by atoms with Gasteiger partial charge in [0.25, 0.3) is 0 Å². The lowest BCUT2D eigenvalue weighted by Crippen LogP contribution is -2.29. The quantitative estimate of drug-likeness (QED) is 0.445. The van der Waals surface area contributed by atoms with E-state index in [0.29, 0.717) is 0 Å². The summed E-state index contributed by atoms with van der Waals surface area (Å²) in [7, 11) is 0. The van der Waals surface area contributed by atoms with Gasteiger partial charge in [-0.2, -0.15) is 0 Å². The minimum Gasteiger partial charge on any atom is -0.294 e. The maximum absolute atomic E-state index is 10.9. The Kier molecular flexibility index (Phi) is 6.45. The van der Waals surface area contributed by atoms with E-state index >= 15 is 0 Å². The molecule has 0 radical (unpaired) electrons. The topological polar surface area (TPSA) is 46.4 Å². The van der Waals surface area contributed by atoms with Crippen LogP contribution < -0.4 is 0 Å². The van der Waals surface area contributed by atoms with Crippen LogP contribution in [0.5, 0.6) is 0 Å². The molecule has 134 valence electrons. The molecule has 1 fully saturated rings. The molecule has 0 atom stereocenters. The van der Waals surface area contributed by atoms with Gasteiger partial charge in [0.2, 0.25) is 0 Å². The number of hydrogen-bond donors (Lipinski definition) is 0. The van der Waals surface area contributed by atoms with E-state index in [-0.39, 0.29) is 9.92 Å². The van der Waals surface area contributed by atoms with Crippen molar-refractivity contribution in [2.45, 2.75) is 45.2 Å². The van der Waals surface area contributed by atoms with Crippen LogP contribution in [-0.4, -0.2) is 16.4 Å². The monoisotopic (exact) mass is 378 g/mol. The van der Waals surface area contributed by atoms with Crippen molar-refractivity contribution >= 4 is 27.9 Å². The highest BCUT2D eigenvalue weighted by molar-refractivity contribution is 7.15. The van der Waals surface area contributed by atoms with Crippen molar-refractivity contribution in [1.82, 2.24) is 4.90 Å². The van der Waals surface area contributed by atoms with E-state index in [4.69, 9.17) is 11.6 Å². The molecule has 6 heteroatoms. The van der Waals surface area contributed by atoms with Crippen LogP contribution in [0, 0.1) is 16.0 Å². The van der Waals surface area contributed by atoms with Gasteiger partial charge in [-0.05, 0) is 42.5 Å². The van der Waals surface area contributed by atoms with Crippen molar-refractivity contribution in [3.8, 4) is 0 Å². The predicted octanol–water partition coefficient (Wildman–Crippen LogP) is 5.89. The molecule has 1 heterocycles. The van der Waals surface area contributed by atoms with Gasteiger partial charge in [-0.1, -0.05) is 54.3 Å². The van der Waals surface area contributed by atoms with Gasteiger partial charge in [0.1, 0.15) is 0 Å². The van der Waals surface area contributed by atoms with E-state index in [1.165, 1.54) is 49.0 Å². The molecular formula is C19H23ClN2O2S. The summed E-state index contributed by atoms with van der Waals surface area (Å²) in [6.07, 6.45) is 6.59. The Labute approximate surface area is 157 Å². The molecular weight excluding hydrogens is 356 g/mol. The number of nitro groups is 1. The SMILES string of the molecule is O=[N+]([O-])c1ccc(CN(Cc2ccc(Cl)cc2)CC2CCCCC2)s1. The van der Waals surface area contributed by atoms with Gasteiger partial charge in [-0.25, -0.2) is 0 Å². The summed E-state index contributed by atoms with van der Waals surface area (Å²) < 4.78 is 0. The molecule has 1 aromatic heterocycles. The van der Waals surface area contributed by atoms with Gasteiger partial charge in [0.15, 0.2) is 0 Å². The van der Waals surface area contributed by atoms with Crippen LogP contribution in [0.2, 0.25) is 5.02 Å². The average molecular weight is 379 g/mol. The number of rotatable bonds is 7. The fraction of sp³-hybridized carbons (Fsp3) is 0.474. The van der Waals surface area contributed by atoms with E-state index in [1.807, 2.05) is 18.2 Å². The average Bonchev–Trinajstić information content (AvgIpc) is 3.07. The first kappa shape index (κ1) is 18.4. The zero-order valence-electron chi connectivity index (χ0n) is 14.2. The van der Waals surface area contributed by atoms with Crippen LogP contribution in [-0.2, 0) is 13.1 Å². The van der Waals surface area contributed by atoms with Crippen molar-refractivity contribution in [3.63, 3.8) is 0 Å². The summed E-state index contributed by atoms with van der Waals surface area (Å²) in [6, 6.07) is 11.5. The Morgan fingerprint density at radius 1 is 1.08 bits per heavy atom. The summed E-state index contributed by atoms with van der Waals surface area (Å²) in [6.45, 7) is 2.66. The molecule has 25 heavy (non-hydrogen) atoms. The largest absolute Gasteiger partial charge is 0.324 e. The molecule has 1 aliphatic carbocycles. The van der Waals surface area contributed by atoms with Gasteiger partial charge in [-0.15, -0.1) is 0 Å². The smallest absolute Gasteiger partial charge is 0.294 e. The molecule has 0 unspecified atom stereocenters. The molecule has 4 nitrogen and oxygen atoms in total. The highest BCUT2D eigenvalue weighted by Gasteiger charge is 2.19. The van der Waals surface area contributed by atoms with Gasteiger partial charge in [0, 0.05) is 35.6 Å². The first-order valence-corrected chi connectivity index (χ1v) is 9.99. The standard InChI is InChI=1S/C19H23ClN2O2S/c20-17-8-6-16(7-9-17)13-21(12-15-4-2-1-3-5-15)14-18-10-11-19(25-18)22(23)24/h6-11,15H,1-5,12-14H2. The first-order valence-electron chi connectivity index (χ1n) is 8.80. The Balaban J connectivity index is 1.69. The van der Waals surface area contributed by atoms with Crippen molar-refractivity contribution in [1.29, 1.82) is 0 Å². The Bertz CT molecular complexity index is 696. The van der Waals surface area contributed by atoms with Crippen molar-refractivity contribution in [2.75, 3.05) is 6.54 Å². The van der Waals surface area contributed by atoms with Gasteiger partial charge >= 0.3 is 5.00 Å². The van der Waals surface area contributed by atoms with Gasteiger partial charge in [-0.3, -0.25) is 15.0 Å². The molecule has 0 N–H and O–H groups in total. The molecule has 1 aliphatic rings. The highest BCUT2D eigenvalue weighted by Crippen LogP contribution is 2.28. The summed E-state index contributed by atoms with van der Waals surface area (Å²) in [5, 5.41) is 11.9. The minimum absolute atomic E-state index is 0.221.